The number of hydrogen-bond acceptors (Lipinski definition) is 4. The monoisotopic (exact) mass is 269 g/mol. The molecule has 2 N–H and O–H groups in total. The highest BCUT2D eigenvalue weighted by Crippen LogP contribution is 2.21. The summed E-state index contributed by atoms with van der Waals surface area (Å²) in [6.45, 7) is 0.460. The van der Waals surface area contributed by atoms with Gasteiger partial charge in [-0.05, 0) is 18.2 Å². The maximum Gasteiger partial charge on any atom is 0.164 e. The van der Waals surface area contributed by atoms with Gasteiger partial charge < -0.3 is 5.32 Å². The smallest absolute Gasteiger partial charge is 0.164 e. The number of pyridine rings is 2. The van der Waals surface area contributed by atoms with E-state index in [2.05, 4.69) is 25.5 Å². The minimum absolute atomic E-state index is 0.376. The predicted octanol–water partition coefficient (Wildman–Crippen LogP) is 2.62. The summed E-state index contributed by atoms with van der Waals surface area (Å²) < 4.78 is 13.5. The molecule has 3 heterocycles. The van der Waals surface area contributed by atoms with Gasteiger partial charge in [-0.3, -0.25) is 15.1 Å². The van der Waals surface area contributed by atoms with Gasteiger partial charge in [-0.15, -0.1) is 0 Å². The average molecular weight is 269 g/mol. The number of hydrogen-bond donors (Lipinski definition) is 2. The Bertz CT molecular complexity index is 696. The zero-order valence-electron chi connectivity index (χ0n) is 10.5. The van der Waals surface area contributed by atoms with Crippen LogP contribution >= 0.6 is 0 Å². The predicted molar refractivity (Wildman–Crippen MR) is 73.3 cm³/mol. The number of nitrogens with zero attached hydrogens (tertiary/aromatic N) is 3. The fourth-order valence-corrected chi connectivity index (χ4v) is 1.91. The van der Waals surface area contributed by atoms with Crippen molar-refractivity contribution in [2.45, 2.75) is 6.54 Å². The number of aromatic amines is 1. The summed E-state index contributed by atoms with van der Waals surface area (Å²) in [6.07, 6.45) is 7.91. The van der Waals surface area contributed by atoms with Gasteiger partial charge in [-0.25, -0.2) is 4.39 Å². The first-order valence-corrected chi connectivity index (χ1v) is 6.10. The van der Waals surface area contributed by atoms with Crippen molar-refractivity contribution >= 4 is 5.69 Å². The number of aromatic nitrogens is 4. The van der Waals surface area contributed by atoms with Gasteiger partial charge in [-0.1, -0.05) is 0 Å². The lowest BCUT2D eigenvalue weighted by Crippen LogP contribution is -2.02. The first kappa shape index (κ1) is 12.3. The molecule has 0 amide bonds. The van der Waals surface area contributed by atoms with E-state index in [9.17, 15) is 4.39 Å². The minimum atomic E-state index is -0.376. The molecule has 0 bridgehead atoms. The van der Waals surface area contributed by atoms with E-state index in [-0.39, 0.29) is 5.82 Å². The van der Waals surface area contributed by atoms with Crippen LogP contribution in [0, 0.1) is 5.82 Å². The molecule has 0 saturated carbocycles. The Labute approximate surface area is 114 Å². The van der Waals surface area contributed by atoms with Gasteiger partial charge in [0.2, 0.25) is 0 Å². The maximum absolute atomic E-state index is 13.5. The second kappa shape index (κ2) is 5.48. The van der Waals surface area contributed by atoms with Crippen LogP contribution in [0.15, 0.2) is 49.2 Å². The van der Waals surface area contributed by atoms with E-state index in [1.165, 1.54) is 6.20 Å². The standard InChI is InChI=1S/C14H12FN5/c15-12-9-17-5-3-13(12)18-7-11-8-19-20-14(11)10-2-1-4-16-6-10/h1-6,8-9H,7H2,(H,17,18)(H,19,20). The van der Waals surface area contributed by atoms with Gasteiger partial charge in [-0.2, -0.15) is 5.10 Å². The molecule has 0 aliphatic heterocycles. The highest BCUT2D eigenvalue weighted by atomic mass is 19.1. The van der Waals surface area contributed by atoms with Crippen molar-refractivity contribution in [1.82, 2.24) is 20.2 Å². The molecule has 3 aromatic rings. The lowest BCUT2D eigenvalue weighted by atomic mass is 10.1. The zero-order chi connectivity index (χ0) is 13.8. The molecule has 5 nitrogen and oxygen atoms in total. The van der Waals surface area contributed by atoms with Crippen molar-refractivity contribution in [3.05, 3.63) is 60.6 Å². The molecule has 0 aliphatic carbocycles. The summed E-state index contributed by atoms with van der Waals surface area (Å²) in [5.41, 5.74) is 3.17. The SMILES string of the molecule is Fc1cnccc1NCc1cn[nH]c1-c1cccnc1. The number of H-pyrrole nitrogens is 1. The fourth-order valence-electron chi connectivity index (χ4n) is 1.91. The lowest BCUT2D eigenvalue weighted by Gasteiger charge is -2.07. The molecule has 0 unspecified atom stereocenters. The molecule has 3 aromatic heterocycles. The molecule has 100 valence electrons. The zero-order valence-corrected chi connectivity index (χ0v) is 10.5. The van der Waals surface area contributed by atoms with Crippen LogP contribution in [0.25, 0.3) is 11.3 Å². The second-order valence-corrected chi connectivity index (χ2v) is 4.22. The van der Waals surface area contributed by atoms with E-state index in [1.54, 1.807) is 30.9 Å². The molecule has 0 aliphatic rings. The van der Waals surface area contributed by atoms with Crippen LogP contribution in [0.4, 0.5) is 10.1 Å². The van der Waals surface area contributed by atoms with Crippen molar-refractivity contribution < 1.29 is 4.39 Å². The first-order chi connectivity index (χ1) is 9.84. The topological polar surface area (TPSA) is 66.5 Å². The largest absolute Gasteiger partial charge is 0.378 e. The highest BCUT2D eigenvalue weighted by Gasteiger charge is 2.08. The fraction of sp³-hybridized carbons (Fsp3) is 0.0714. The van der Waals surface area contributed by atoms with E-state index in [1.807, 2.05) is 12.1 Å². The van der Waals surface area contributed by atoms with Gasteiger partial charge >= 0.3 is 0 Å². The summed E-state index contributed by atoms with van der Waals surface area (Å²) >= 11 is 0. The summed E-state index contributed by atoms with van der Waals surface area (Å²) in [5, 5.41) is 10.0. The third-order valence-electron chi connectivity index (χ3n) is 2.91. The first-order valence-electron chi connectivity index (χ1n) is 6.10. The molecule has 0 fully saturated rings. The van der Waals surface area contributed by atoms with Crippen molar-refractivity contribution in [3.63, 3.8) is 0 Å². The van der Waals surface area contributed by atoms with Crippen molar-refractivity contribution in [2.75, 3.05) is 5.32 Å². The van der Waals surface area contributed by atoms with Crippen LogP contribution in [0.3, 0.4) is 0 Å². The quantitative estimate of drug-likeness (QED) is 0.764. The Hall–Kier alpha value is -2.76. The molecule has 0 saturated heterocycles. The number of nitrogens with one attached hydrogen (secondary N) is 2. The minimum Gasteiger partial charge on any atom is -0.378 e. The van der Waals surface area contributed by atoms with E-state index >= 15 is 0 Å². The molecule has 0 atom stereocenters. The number of rotatable bonds is 4. The van der Waals surface area contributed by atoms with Crippen molar-refractivity contribution in [3.8, 4) is 11.3 Å². The van der Waals surface area contributed by atoms with Crippen LogP contribution in [-0.4, -0.2) is 20.2 Å². The lowest BCUT2D eigenvalue weighted by molar-refractivity contribution is 0.624. The highest BCUT2D eigenvalue weighted by molar-refractivity contribution is 5.62. The maximum atomic E-state index is 13.5. The normalized spacial score (nSPS) is 10.4. The molecular weight excluding hydrogens is 257 g/mol. The van der Waals surface area contributed by atoms with Crippen molar-refractivity contribution in [1.29, 1.82) is 0 Å². The molecule has 0 aromatic carbocycles. The van der Waals surface area contributed by atoms with Gasteiger partial charge in [0.15, 0.2) is 5.82 Å². The van der Waals surface area contributed by atoms with Crippen LogP contribution < -0.4 is 5.32 Å². The van der Waals surface area contributed by atoms with Gasteiger partial charge in [0.25, 0.3) is 0 Å². The Balaban J connectivity index is 1.80. The Kier molecular flexibility index (Phi) is 3.36. The molecule has 3 rings (SSSR count). The van der Waals surface area contributed by atoms with E-state index in [0.29, 0.717) is 12.2 Å². The van der Waals surface area contributed by atoms with Crippen LogP contribution in [-0.2, 0) is 6.54 Å². The van der Waals surface area contributed by atoms with Gasteiger partial charge in [0.1, 0.15) is 0 Å². The Morgan fingerprint density at radius 1 is 1.10 bits per heavy atom. The second-order valence-electron chi connectivity index (χ2n) is 4.22. The molecule has 0 radical (unpaired) electrons. The number of anilines is 1. The molecule has 20 heavy (non-hydrogen) atoms. The summed E-state index contributed by atoms with van der Waals surface area (Å²) in [7, 11) is 0. The Morgan fingerprint density at radius 3 is 2.80 bits per heavy atom. The van der Waals surface area contributed by atoms with Crippen LogP contribution in [0.2, 0.25) is 0 Å². The number of halogens is 1. The third kappa shape index (κ3) is 2.49. The van der Waals surface area contributed by atoms with Gasteiger partial charge in [0.05, 0.1) is 23.8 Å². The molecular formula is C14H12FN5. The van der Waals surface area contributed by atoms with Crippen molar-refractivity contribution in [2.24, 2.45) is 0 Å². The Morgan fingerprint density at radius 2 is 2.00 bits per heavy atom. The summed E-state index contributed by atoms with van der Waals surface area (Å²) in [6, 6.07) is 5.39. The van der Waals surface area contributed by atoms with E-state index in [4.69, 9.17) is 0 Å². The van der Waals surface area contributed by atoms with E-state index < -0.39 is 0 Å². The van der Waals surface area contributed by atoms with E-state index in [0.717, 1.165) is 16.8 Å². The van der Waals surface area contributed by atoms with Crippen LogP contribution in [0.5, 0.6) is 0 Å². The summed E-state index contributed by atoms with van der Waals surface area (Å²) in [5.74, 6) is -0.376. The summed E-state index contributed by atoms with van der Waals surface area (Å²) in [4.78, 5) is 7.79. The molecule has 0 spiro atoms. The third-order valence-corrected chi connectivity index (χ3v) is 2.91. The molecule has 6 heteroatoms. The van der Waals surface area contributed by atoms with Crippen LogP contribution in [0.1, 0.15) is 5.56 Å². The average Bonchev–Trinajstić information content (AvgIpc) is 2.96. The van der Waals surface area contributed by atoms with Gasteiger partial charge in [0, 0.05) is 36.3 Å².